The van der Waals surface area contributed by atoms with E-state index in [2.05, 4.69) is 20.0 Å². The van der Waals surface area contributed by atoms with Crippen LogP contribution in [0.2, 0.25) is 0 Å². The molecule has 9 nitrogen and oxygen atoms in total. The third kappa shape index (κ3) is 5.24. The van der Waals surface area contributed by atoms with Gasteiger partial charge in [-0.3, -0.25) is 4.79 Å². The van der Waals surface area contributed by atoms with Gasteiger partial charge in [0, 0.05) is 44.2 Å². The number of ether oxygens (including phenoxy) is 2. The van der Waals surface area contributed by atoms with Gasteiger partial charge in [0.05, 0.1) is 5.56 Å². The van der Waals surface area contributed by atoms with Gasteiger partial charge in [0.25, 0.3) is 5.91 Å². The Morgan fingerprint density at radius 2 is 2.03 bits per heavy atom. The lowest BCUT2D eigenvalue weighted by atomic mass is 9.89. The summed E-state index contributed by atoms with van der Waals surface area (Å²) in [5.74, 6) is 0.161. The minimum Gasteiger partial charge on any atom is -0.406 e. The molecular weight excluding hydrogens is 477 g/mol. The van der Waals surface area contributed by atoms with Gasteiger partial charge in [-0.2, -0.15) is 0 Å². The second kappa shape index (κ2) is 9.94. The molecule has 2 saturated heterocycles. The number of aromatic amines is 1. The summed E-state index contributed by atoms with van der Waals surface area (Å²) in [7, 11) is 0. The zero-order valence-corrected chi connectivity index (χ0v) is 19.5. The van der Waals surface area contributed by atoms with Crippen LogP contribution in [0.5, 0.6) is 5.75 Å². The van der Waals surface area contributed by atoms with Crippen LogP contribution in [-0.4, -0.2) is 64.9 Å². The fourth-order valence-corrected chi connectivity index (χ4v) is 4.82. The van der Waals surface area contributed by atoms with Crippen LogP contribution in [0.25, 0.3) is 11.2 Å². The fraction of sp³-hybridized carbons (Fsp3) is 0.458. The SMILES string of the molecule is Nc1cc(OC(F)(F)F)ccc1C(=O)N1CCC(c2ccnc3[nH]c([C@@H]4CNCCCO4)nc23)CC1. The number of carbonyl (C=O) groups is 1. The molecular formula is C24H27F3N6O3. The number of piperidine rings is 1. The standard InChI is InChI=1S/C24H27F3N6O3/c25-24(26,27)36-15-2-3-17(18(28)12-15)23(34)33-9-5-14(6-10-33)16-4-8-30-22-20(16)31-21(32-22)19-13-29-7-1-11-35-19/h2-4,8,12,14,19,29H,1,5-7,9-11,13,28H2,(H,30,31,32)/t19-/m0/s1. The van der Waals surface area contributed by atoms with Gasteiger partial charge in [-0.05, 0) is 55.5 Å². The molecule has 5 rings (SSSR count). The summed E-state index contributed by atoms with van der Waals surface area (Å²) in [6.07, 6.45) is -0.851. The van der Waals surface area contributed by atoms with Crippen molar-refractivity contribution in [3.05, 3.63) is 47.4 Å². The van der Waals surface area contributed by atoms with E-state index in [0.717, 1.165) is 42.0 Å². The van der Waals surface area contributed by atoms with Crippen LogP contribution in [0.15, 0.2) is 30.5 Å². The molecule has 0 bridgehead atoms. The fourth-order valence-electron chi connectivity index (χ4n) is 4.82. The van der Waals surface area contributed by atoms with Gasteiger partial charge >= 0.3 is 6.36 Å². The molecule has 2 fully saturated rings. The van der Waals surface area contributed by atoms with E-state index in [-0.39, 0.29) is 29.2 Å². The number of halogens is 3. The number of benzene rings is 1. The van der Waals surface area contributed by atoms with Crippen molar-refractivity contribution in [2.75, 3.05) is 38.5 Å². The number of nitrogens with zero attached hydrogens (tertiary/aromatic N) is 3. The first-order valence-corrected chi connectivity index (χ1v) is 11.9. The molecule has 1 amide bonds. The monoisotopic (exact) mass is 504 g/mol. The van der Waals surface area contributed by atoms with Crippen LogP contribution in [0.1, 0.15) is 53.0 Å². The van der Waals surface area contributed by atoms with Crippen molar-refractivity contribution >= 4 is 22.8 Å². The Kier molecular flexibility index (Phi) is 6.71. The number of H-pyrrole nitrogens is 1. The second-order valence-corrected chi connectivity index (χ2v) is 9.00. The van der Waals surface area contributed by atoms with E-state index in [4.69, 9.17) is 15.5 Å². The Morgan fingerprint density at radius 1 is 1.22 bits per heavy atom. The first-order valence-electron chi connectivity index (χ1n) is 11.9. The molecule has 12 heteroatoms. The number of pyridine rings is 1. The number of imidazole rings is 1. The number of likely N-dealkylation sites (tertiary alicyclic amines) is 1. The van der Waals surface area contributed by atoms with E-state index >= 15 is 0 Å². The minimum atomic E-state index is -4.83. The van der Waals surface area contributed by atoms with Gasteiger partial charge in [-0.25, -0.2) is 9.97 Å². The van der Waals surface area contributed by atoms with Crippen LogP contribution >= 0.6 is 0 Å². The third-order valence-electron chi connectivity index (χ3n) is 6.59. The number of aromatic nitrogens is 3. The molecule has 0 radical (unpaired) electrons. The maximum absolute atomic E-state index is 13.0. The lowest BCUT2D eigenvalue weighted by Gasteiger charge is -2.32. The van der Waals surface area contributed by atoms with Crippen LogP contribution in [0.3, 0.4) is 0 Å². The quantitative estimate of drug-likeness (QED) is 0.466. The highest BCUT2D eigenvalue weighted by atomic mass is 19.4. The average Bonchev–Trinajstić information content (AvgIpc) is 3.09. The topological polar surface area (TPSA) is 118 Å². The van der Waals surface area contributed by atoms with E-state index < -0.39 is 12.1 Å². The maximum Gasteiger partial charge on any atom is 0.573 e. The molecule has 4 heterocycles. The van der Waals surface area contributed by atoms with Gasteiger partial charge in [-0.15, -0.1) is 13.2 Å². The smallest absolute Gasteiger partial charge is 0.406 e. The summed E-state index contributed by atoms with van der Waals surface area (Å²) in [5.41, 5.74) is 8.57. The predicted octanol–water partition coefficient (Wildman–Crippen LogP) is 3.51. The van der Waals surface area contributed by atoms with Crippen LogP contribution in [0.4, 0.5) is 18.9 Å². The number of nitrogens with one attached hydrogen (secondary N) is 2. The molecule has 2 aromatic heterocycles. The Morgan fingerprint density at radius 3 is 2.78 bits per heavy atom. The number of alkyl halides is 3. The Hall–Kier alpha value is -3.38. The molecule has 0 saturated carbocycles. The summed E-state index contributed by atoms with van der Waals surface area (Å²) in [6.45, 7) is 3.24. The first-order chi connectivity index (χ1) is 17.3. The van der Waals surface area contributed by atoms with E-state index in [1.165, 1.54) is 6.07 Å². The van der Waals surface area contributed by atoms with E-state index in [9.17, 15) is 18.0 Å². The first kappa shape index (κ1) is 24.3. The van der Waals surface area contributed by atoms with Crippen LogP contribution < -0.4 is 15.8 Å². The van der Waals surface area contributed by atoms with Crippen molar-refractivity contribution in [1.29, 1.82) is 0 Å². The number of carbonyl (C=O) groups excluding carboxylic acids is 1. The maximum atomic E-state index is 13.0. The Balaban J connectivity index is 1.27. The van der Waals surface area contributed by atoms with Gasteiger partial charge in [-0.1, -0.05) is 0 Å². The number of fused-ring (bicyclic) bond motifs is 1. The van der Waals surface area contributed by atoms with Gasteiger partial charge in [0.2, 0.25) is 0 Å². The summed E-state index contributed by atoms with van der Waals surface area (Å²) in [4.78, 5) is 27.3. The third-order valence-corrected chi connectivity index (χ3v) is 6.59. The normalized spacial score (nSPS) is 19.9. The number of rotatable bonds is 4. The molecule has 1 aromatic carbocycles. The van der Waals surface area contributed by atoms with Crippen molar-refractivity contribution in [2.24, 2.45) is 0 Å². The lowest BCUT2D eigenvalue weighted by molar-refractivity contribution is -0.274. The summed E-state index contributed by atoms with van der Waals surface area (Å²) >= 11 is 0. The highest BCUT2D eigenvalue weighted by molar-refractivity contribution is 5.99. The molecule has 4 N–H and O–H groups in total. The van der Waals surface area contributed by atoms with Crippen molar-refractivity contribution in [3.63, 3.8) is 0 Å². The van der Waals surface area contributed by atoms with E-state index in [0.29, 0.717) is 44.7 Å². The number of hydrogen-bond acceptors (Lipinski definition) is 7. The van der Waals surface area contributed by atoms with E-state index in [1.54, 1.807) is 11.1 Å². The molecule has 0 unspecified atom stereocenters. The zero-order chi connectivity index (χ0) is 25.3. The lowest BCUT2D eigenvalue weighted by Crippen LogP contribution is -2.38. The number of anilines is 1. The highest BCUT2D eigenvalue weighted by Crippen LogP contribution is 2.34. The second-order valence-electron chi connectivity index (χ2n) is 9.00. The number of amides is 1. The largest absolute Gasteiger partial charge is 0.573 e. The Labute approximate surface area is 205 Å². The molecule has 36 heavy (non-hydrogen) atoms. The molecule has 0 aliphatic carbocycles. The molecule has 0 spiro atoms. The summed E-state index contributed by atoms with van der Waals surface area (Å²) < 4.78 is 47.2. The van der Waals surface area contributed by atoms with Crippen LogP contribution in [0, 0.1) is 0 Å². The number of nitrogen functional groups attached to an aromatic ring is 1. The molecule has 2 aliphatic rings. The average molecular weight is 505 g/mol. The van der Waals surface area contributed by atoms with Gasteiger partial charge in [0.15, 0.2) is 5.65 Å². The minimum absolute atomic E-state index is 0.0565. The molecule has 2 aliphatic heterocycles. The highest BCUT2D eigenvalue weighted by Gasteiger charge is 2.32. The predicted molar refractivity (Wildman–Crippen MR) is 125 cm³/mol. The number of nitrogens with two attached hydrogens (primary N) is 1. The molecule has 3 aromatic rings. The van der Waals surface area contributed by atoms with Gasteiger partial charge < -0.3 is 30.4 Å². The van der Waals surface area contributed by atoms with Crippen LogP contribution in [-0.2, 0) is 4.74 Å². The van der Waals surface area contributed by atoms with Crippen molar-refractivity contribution in [1.82, 2.24) is 25.2 Å². The molecule has 192 valence electrons. The van der Waals surface area contributed by atoms with E-state index in [1.807, 2.05) is 6.07 Å². The summed E-state index contributed by atoms with van der Waals surface area (Å²) in [5, 5.41) is 3.36. The van der Waals surface area contributed by atoms with Gasteiger partial charge in [0.1, 0.15) is 23.2 Å². The summed E-state index contributed by atoms with van der Waals surface area (Å²) in [6, 6.07) is 5.36. The van der Waals surface area contributed by atoms with Crippen molar-refractivity contribution in [3.8, 4) is 5.75 Å². The molecule has 1 atom stereocenters. The number of hydrogen-bond donors (Lipinski definition) is 3. The van der Waals surface area contributed by atoms with Crippen molar-refractivity contribution < 1.29 is 27.4 Å². The van der Waals surface area contributed by atoms with Crippen molar-refractivity contribution in [2.45, 2.75) is 37.6 Å². The zero-order valence-electron chi connectivity index (χ0n) is 19.5. The Bertz CT molecular complexity index is 1230.